The Kier molecular flexibility index (Phi) is 6.24. The third-order valence-corrected chi connectivity index (χ3v) is 7.28. The number of ether oxygens (including phenoxy) is 1. The van der Waals surface area contributed by atoms with E-state index in [2.05, 4.69) is 20.8 Å². The third-order valence-electron chi connectivity index (χ3n) is 5.37. The first-order valence-corrected chi connectivity index (χ1v) is 11.9. The van der Waals surface area contributed by atoms with E-state index in [1.54, 1.807) is 11.3 Å². The monoisotopic (exact) mass is 434 g/mol. The van der Waals surface area contributed by atoms with Gasteiger partial charge in [-0.25, -0.2) is 0 Å². The summed E-state index contributed by atoms with van der Waals surface area (Å²) in [5.41, 5.74) is 0. The Morgan fingerprint density at radius 2 is 2.03 bits per heavy atom. The Balaban J connectivity index is 1.39. The number of esters is 1. The van der Waals surface area contributed by atoms with Crippen LogP contribution in [0.3, 0.4) is 0 Å². The lowest BCUT2D eigenvalue weighted by molar-refractivity contribution is -0.151. The Morgan fingerprint density at radius 3 is 2.66 bits per heavy atom. The summed E-state index contributed by atoms with van der Waals surface area (Å²) in [6, 6.07) is 4.52. The summed E-state index contributed by atoms with van der Waals surface area (Å²) in [7, 11) is 0. The molecule has 1 saturated carbocycles. The Morgan fingerprint density at radius 1 is 1.28 bits per heavy atom. The first-order chi connectivity index (χ1) is 14.1. The fraction of sp³-hybridized carbons (Fsp3) is 0.600. The van der Waals surface area contributed by atoms with Gasteiger partial charge in [-0.05, 0) is 51.0 Å². The van der Waals surface area contributed by atoms with Crippen LogP contribution in [0.15, 0.2) is 22.7 Å². The molecule has 0 N–H and O–H groups in total. The SMILES string of the molecule is CCOC(=O)C1CCN(C(=O)C(C)Sc2nnc(-c3cccs3)n2C2CC2)CC1. The lowest BCUT2D eigenvalue weighted by Gasteiger charge is -2.32. The molecule has 2 fully saturated rings. The maximum atomic E-state index is 13.0. The molecular weight excluding hydrogens is 408 g/mol. The fourth-order valence-electron chi connectivity index (χ4n) is 3.65. The molecular formula is C20H26N4O3S2. The van der Waals surface area contributed by atoms with Crippen molar-refractivity contribution in [3.63, 3.8) is 0 Å². The first kappa shape index (κ1) is 20.4. The molecule has 2 aromatic rings. The molecule has 4 rings (SSSR count). The largest absolute Gasteiger partial charge is 0.466 e. The predicted molar refractivity (Wildman–Crippen MR) is 113 cm³/mol. The molecule has 1 unspecified atom stereocenters. The second-order valence-corrected chi connectivity index (χ2v) is 9.75. The van der Waals surface area contributed by atoms with Gasteiger partial charge in [-0.3, -0.25) is 14.2 Å². The zero-order valence-corrected chi connectivity index (χ0v) is 18.4. The van der Waals surface area contributed by atoms with Gasteiger partial charge < -0.3 is 9.64 Å². The highest BCUT2D eigenvalue weighted by molar-refractivity contribution is 8.00. The Labute approximate surface area is 178 Å². The smallest absolute Gasteiger partial charge is 0.309 e. The van der Waals surface area contributed by atoms with Gasteiger partial charge in [-0.1, -0.05) is 17.8 Å². The highest BCUT2D eigenvalue weighted by Crippen LogP contribution is 2.42. The van der Waals surface area contributed by atoms with Crippen molar-refractivity contribution in [2.75, 3.05) is 19.7 Å². The van der Waals surface area contributed by atoms with Gasteiger partial charge in [-0.15, -0.1) is 21.5 Å². The second-order valence-electron chi connectivity index (χ2n) is 7.50. The summed E-state index contributed by atoms with van der Waals surface area (Å²) >= 11 is 3.14. The molecule has 1 atom stereocenters. The molecule has 0 radical (unpaired) electrons. The number of thioether (sulfide) groups is 1. The standard InChI is InChI=1S/C20H26N4O3S2/c1-3-27-19(26)14-8-10-23(11-9-14)18(25)13(2)29-20-22-21-17(16-5-4-12-28-16)24(20)15-6-7-15/h4-5,12-15H,3,6-11H2,1-2H3. The van der Waals surface area contributed by atoms with Crippen LogP contribution in [0.5, 0.6) is 0 Å². The lowest BCUT2D eigenvalue weighted by atomic mass is 9.97. The van der Waals surface area contributed by atoms with E-state index in [1.807, 2.05) is 30.2 Å². The molecule has 7 nitrogen and oxygen atoms in total. The number of carbonyl (C=O) groups is 2. The van der Waals surface area contributed by atoms with Crippen molar-refractivity contribution in [3.05, 3.63) is 17.5 Å². The number of nitrogens with zero attached hydrogens (tertiary/aromatic N) is 4. The van der Waals surface area contributed by atoms with E-state index < -0.39 is 0 Å². The number of carbonyl (C=O) groups excluding carboxylic acids is 2. The zero-order chi connectivity index (χ0) is 20.4. The molecule has 0 bridgehead atoms. The molecule has 9 heteroatoms. The third kappa shape index (κ3) is 4.50. The number of amides is 1. The minimum atomic E-state index is -0.243. The topological polar surface area (TPSA) is 77.3 Å². The van der Waals surface area contributed by atoms with Crippen LogP contribution in [0.25, 0.3) is 10.7 Å². The highest BCUT2D eigenvalue weighted by atomic mass is 32.2. The molecule has 1 aliphatic heterocycles. The van der Waals surface area contributed by atoms with Gasteiger partial charge >= 0.3 is 5.97 Å². The molecule has 2 aliphatic rings. The van der Waals surface area contributed by atoms with Crippen molar-refractivity contribution in [3.8, 4) is 10.7 Å². The minimum Gasteiger partial charge on any atom is -0.466 e. The van der Waals surface area contributed by atoms with E-state index in [0.717, 1.165) is 28.7 Å². The normalized spacial score (nSPS) is 18.6. The Hall–Kier alpha value is -1.87. The van der Waals surface area contributed by atoms with Crippen LogP contribution in [0, 0.1) is 5.92 Å². The van der Waals surface area contributed by atoms with Crippen molar-refractivity contribution < 1.29 is 14.3 Å². The average Bonchev–Trinajstić information content (AvgIpc) is 3.25. The summed E-state index contributed by atoms with van der Waals surface area (Å²) in [6.07, 6.45) is 3.60. The van der Waals surface area contributed by atoms with E-state index in [-0.39, 0.29) is 23.0 Å². The second kappa shape index (κ2) is 8.87. The number of piperidine rings is 1. The maximum Gasteiger partial charge on any atom is 0.309 e. The number of hydrogen-bond donors (Lipinski definition) is 0. The molecule has 1 aliphatic carbocycles. The van der Waals surface area contributed by atoms with Crippen molar-refractivity contribution in [2.24, 2.45) is 5.92 Å². The molecule has 156 valence electrons. The Bertz CT molecular complexity index is 855. The molecule has 1 saturated heterocycles. The number of hydrogen-bond acceptors (Lipinski definition) is 7. The van der Waals surface area contributed by atoms with Gasteiger partial charge in [0.05, 0.1) is 22.7 Å². The highest BCUT2D eigenvalue weighted by Gasteiger charge is 2.34. The van der Waals surface area contributed by atoms with E-state index in [9.17, 15) is 9.59 Å². The van der Waals surface area contributed by atoms with Crippen LogP contribution in [0.1, 0.15) is 45.6 Å². The lowest BCUT2D eigenvalue weighted by Crippen LogP contribution is -2.43. The predicted octanol–water partition coefficient (Wildman–Crippen LogP) is 3.62. The van der Waals surface area contributed by atoms with Crippen LogP contribution in [-0.2, 0) is 14.3 Å². The van der Waals surface area contributed by atoms with E-state index in [4.69, 9.17) is 4.74 Å². The average molecular weight is 435 g/mol. The quantitative estimate of drug-likeness (QED) is 0.489. The van der Waals surface area contributed by atoms with Gasteiger partial charge in [-0.2, -0.15) is 0 Å². The summed E-state index contributed by atoms with van der Waals surface area (Å²) in [5, 5.41) is 11.4. The van der Waals surface area contributed by atoms with Crippen LogP contribution < -0.4 is 0 Å². The summed E-state index contributed by atoms with van der Waals surface area (Å²) in [5.74, 6) is 0.772. The minimum absolute atomic E-state index is 0.0896. The van der Waals surface area contributed by atoms with E-state index in [1.165, 1.54) is 11.8 Å². The summed E-state index contributed by atoms with van der Waals surface area (Å²) < 4.78 is 7.32. The van der Waals surface area contributed by atoms with Crippen molar-refractivity contribution in [2.45, 2.75) is 56.0 Å². The number of likely N-dealkylation sites (tertiary alicyclic amines) is 1. The van der Waals surface area contributed by atoms with Gasteiger partial charge in [0.2, 0.25) is 5.91 Å². The van der Waals surface area contributed by atoms with Crippen molar-refractivity contribution in [1.29, 1.82) is 0 Å². The van der Waals surface area contributed by atoms with Gasteiger partial charge in [0.15, 0.2) is 11.0 Å². The van der Waals surface area contributed by atoms with Crippen LogP contribution >= 0.6 is 23.1 Å². The maximum absolute atomic E-state index is 13.0. The molecule has 0 aromatic carbocycles. The van der Waals surface area contributed by atoms with Gasteiger partial charge in [0.1, 0.15) is 0 Å². The van der Waals surface area contributed by atoms with E-state index >= 15 is 0 Å². The number of rotatable bonds is 7. The fourth-order valence-corrected chi connectivity index (χ4v) is 5.36. The number of aromatic nitrogens is 3. The van der Waals surface area contributed by atoms with Crippen molar-refractivity contribution in [1.82, 2.24) is 19.7 Å². The molecule has 0 spiro atoms. The molecule has 29 heavy (non-hydrogen) atoms. The molecule has 2 aromatic heterocycles. The first-order valence-electron chi connectivity index (χ1n) is 10.2. The van der Waals surface area contributed by atoms with Gasteiger partial charge in [0, 0.05) is 19.1 Å². The van der Waals surface area contributed by atoms with Crippen LogP contribution in [0.4, 0.5) is 0 Å². The van der Waals surface area contributed by atoms with Crippen LogP contribution in [-0.4, -0.2) is 56.5 Å². The van der Waals surface area contributed by atoms with Crippen LogP contribution in [0.2, 0.25) is 0 Å². The summed E-state index contributed by atoms with van der Waals surface area (Å²) in [6.45, 7) is 5.35. The molecule has 3 heterocycles. The van der Waals surface area contributed by atoms with Gasteiger partial charge in [0.25, 0.3) is 0 Å². The van der Waals surface area contributed by atoms with E-state index in [0.29, 0.717) is 38.6 Å². The number of thiophene rings is 1. The summed E-state index contributed by atoms with van der Waals surface area (Å²) in [4.78, 5) is 27.9. The van der Waals surface area contributed by atoms with Crippen molar-refractivity contribution >= 4 is 35.0 Å². The zero-order valence-electron chi connectivity index (χ0n) is 16.7. The molecule has 1 amide bonds.